The predicted octanol–water partition coefficient (Wildman–Crippen LogP) is 6.77. The van der Waals surface area contributed by atoms with Crippen LogP contribution < -0.4 is 4.98 Å². The van der Waals surface area contributed by atoms with E-state index in [1.165, 1.54) is 22.8 Å². The molecule has 0 aromatic carbocycles. The summed E-state index contributed by atoms with van der Waals surface area (Å²) in [6, 6.07) is 12.8. The van der Waals surface area contributed by atoms with Crippen LogP contribution in [0.3, 0.4) is 0 Å². The van der Waals surface area contributed by atoms with Crippen LogP contribution in [0.25, 0.3) is 0 Å². The first-order chi connectivity index (χ1) is 12.4. The third-order valence-corrected chi connectivity index (χ3v) is 4.70. The first-order valence-electron chi connectivity index (χ1n) is 10.4. The number of hydrogen-bond donors (Lipinski definition) is 0. The lowest BCUT2D eigenvalue weighted by Gasteiger charge is -2.23. The molecule has 2 rings (SSSR count). The van der Waals surface area contributed by atoms with Crippen LogP contribution in [-0.4, -0.2) is 4.98 Å². The van der Waals surface area contributed by atoms with Crippen LogP contribution in [-0.2, 0) is 21.7 Å². The summed E-state index contributed by atoms with van der Waals surface area (Å²) in [5.41, 5.74) is 5.61. The van der Waals surface area contributed by atoms with Crippen molar-refractivity contribution in [2.24, 2.45) is 0 Å². The Morgan fingerprint density at radius 2 is 0.821 bits per heavy atom. The topological polar surface area (TPSA) is 27.0 Å². The van der Waals surface area contributed by atoms with E-state index in [0.717, 1.165) is 0 Å². The lowest BCUT2D eigenvalue weighted by molar-refractivity contribution is -0.414. The van der Waals surface area contributed by atoms with Crippen LogP contribution >= 0.6 is 0 Å². The maximum absolute atomic E-state index is 4.72. The van der Waals surface area contributed by atoms with Crippen molar-refractivity contribution < 1.29 is 4.98 Å². The molecule has 0 aliphatic rings. The Morgan fingerprint density at radius 3 is 1.11 bits per heavy atom. The van der Waals surface area contributed by atoms with Crippen molar-refractivity contribution in [3.8, 4) is 0 Å². The van der Waals surface area contributed by atoms with Crippen LogP contribution in [0.2, 0.25) is 0 Å². The van der Waals surface area contributed by atoms with E-state index in [-0.39, 0.29) is 21.7 Å². The molecule has 0 bridgehead atoms. The van der Waals surface area contributed by atoms with Crippen molar-refractivity contribution in [1.82, 2.24) is 4.98 Å². The van der Waals surface area contributed by atoms with Gasteiger partial charge in [-0.25, -0.2) is 4.98 Å². The van der Waals surface area contributed by atoms with Crippen LogP contribution in [0.4, 0.5) is 0 Å². The lowest BCUT2D eigenvalue weighted by Crippen LogP contribution is -2.32. The molecule has 156 valence electrons. The summed E-state index contributed by atoms with van der Waals surface area (Å²) >= 11 is 0. The number of aromatic amines is 1. The minimum atomic E-state index is 0.140. The Balaban J connectivity index is 0.000000280. The van der Waals surface area contributed by atoms with Gasteiger partial charge < -0.3 is 0 Å². The summed E-state index contributed by atoms with van der Waals surface area (Å²) < 4.78 is 0. The summed E-state index contributed by atoms with van der Waals surface area (Å²) in [6.45, 7) is 26.5. The van der Waals surface area contributed by atoms with Crippen molar-refractivity contribution in [2.75, 3.05) is 0 Å². The van der Waals surface area contributed by atoms with Gasteiger partial charge in [-0.1, -0.05) is 89.2 Å². The van der Waals surface area contributed by atoms with E-state index >= 15 is 0 Å². The summed E-state index contributed by atoms with van der Waals surface area (Å²) in [5, 5.41) is 0. The molecule has 0 saturated carbocycles. The van der Waals surface area contributed by atoms with E-state index in [1.807, 2.05) is 0 Å². The predicted molar refractivity (Wildman–Crippen MR) is 122 cm³/mol. The Hall–Kier alpha value is -1.70. The van der Waals surface area contributed by atoms with Crippen molar-refractivity contribution in [3.05, 3.63) is 59.2 Å². The monoisotopic (exact) mass is 383 g/mol. The first kappa shape index (κ1) is 24.3. The quantitative estimate of drug-likeness (QED) is 0.493. The van der Waals surface area contributed by atoms with Crippen molar-refractivity contribution >= 4 is 0 Å². The second-order valence-electron chi connectivity index (χ2n) is 11.9. The van der Waals surface area contributed by atoms with Gasteiger partial charge in [0.2, 0.25) is 0 Å². The Bertz CT molecular complexity index is 634. The van der Waals surface area contributed by atoms with Crippen LogP contribution in [0.1, 0.15) is 106 Å². The minimum absolute atomic E-state index is 0.140. The molecule has 0 spiro atoms. The highest BCUT2D eigenvalue weighted by atomic mass is 14.8. The van der Waals surface area contributed by atoms with Crippen LogP contribution in [0.5, 0.6) is 0 Å². The molecular weight excluding hydrogens is 340 g/mol. The number of nitrogens with zero attached hydrogens (tertiary/aromatic N) is 1. The summed E-state index contributed by atoms with van der Waals surface area (Å²) in [4.78, 5) is 8.24. The number of H-pyrrole nitrogens is 1. The standard InChI is InChI=1S/2C13H21N/c2*1-12(2,3)10-8-7-9-11(14-10)13(4,5)6/h2*7-9H,1-6H3/p+1. The highest BCUT2D eigenvalue weighted by molar-refractivity contribution is 5.21. The van der Waals surface area contributed by atoms with Crippen molar-refractivity contribution in [2.45, 2.75) is 105 Å². The number of nitrogens with one attached hydrogen (secondary N) is 1. The Labute approximate surface area is 174 Å². The van der Waals surface area contributed by atoms with Gasteiger partial charge in [0.25, 0.3) is 0 Å². The average molecular weight is 384 g/mol. The van der Waals surface area contributed by atoms with Crippen LogP contribution in [0, 0.1) is 0 Å². The van der Waals surface area contributed by atoms with Crippen molar-refractivity contribution in [1.29, 1.82) is 0 Å². The molecule has 2 aromatic rings. The molecule has 0 aliphatic heterocycles. The Kier molecular flexibility index (Phi) is 7.26. The molecule has 0 amide bonds. The maximum Gasteiger partial charge on any atom is 0.185 e. The molecular formula is C26H43N2+. The molecule has 0 fully saturated rings. The summed E-state index contributed by atoms with van der Waals surface area (Å²) in [6.07, 6.45) is 0. The van der Waals surface area contributed by atoms with Crippen LogP contribution in [0.15, 0.2) is 36.4 Å². The Morgan fingerprint density at radius 1 is 0.500 bits per heavy atom. The highest BCUT2D eigenvalue weighted by Gasteiger charge is 2.26. The van der Waals surface area contributed by atoms with E-state index in [1.54, 1.807) is 0 Å². The average Bonchev–Trinajstić information content (AvgIpc) is 2.52. The van der Waals surface area contributed by atoms with Gasteiger partial charge in [0.1, 0.15) is 0 Å². The van der Waals surface area contributed by atoms with E-state index in [9.17, 15) is 0 Å². The number of aromatic nitrogens is 2. The molecule has 2 aromatic heterocycles. The fraction of sp³-hybridized carbons (Fsp3) is 0.615. The van der Waals surface area contributed by atoms with E-state index < -0.39 is 0 Å². The number of rotatable bonds is 0. The van der Waals surface area contributed by atoms with E-state index in [0.29, 0.717) is 0 Å². The molecule has 0 radical (unpaired) electrons. The second kappa shape index (κ2) is 8.35. The largest absolute Gasteiger partial charge is 0.257 e. The van der Waals surface area contributed by atoms with Gasteiger partial charge in [0, 0.05) is 45.2 Å². The lowest BCUT2D eigenvalue weighted by atomic mass is 9.88. The molecule has 28 heavy (non-hydrogen) atoms. The molecule has 2 heterocycles. The smallest absolute Gasteiger partial charge is 0.185 e. The summed E-state index contributed by atoms with van der Waals surface area (Å²) in [7, 11) is 0. The van der Waals surface area contributed by atoms with Gasteiger partial charge in [-0.05, 0) is 18.2 Å². The van der Waals surface area contributed by atoms with Gasteiger partial charge >= 0.3 is 0 Å². The van der Waals surface area contributed by atoms with Gasteiger partial charge in [-0.3, -0.25) is 4.98 Å². The van der Waals surface area contributed by atoms with Crippen molar-refractivity contribution in [3.63, 3.8) is 0 Å². The fourth-order valence-corrected chi connectivity index (χ4v) is 2.61. The minimum Gasteiger partial charge on any atom is -0.257 e. The molecule has 0 atom stereocenters. The van der Waals surface area contributed by atoms with Gasteiger partial charge in [0.05, 0.1) is 0 Å². The van der Waals surface area contributed by atoms with E-state index in [2.05, 4.69) is 124 Å². The SMILES string of the molecule is CC(C)(C)c1cccc(C(C)(C)C)[nH+]1.CC(C)(C)c1cccc(C(C)(C)C)n1. The molecule has 1 N–H and O–H groups in total. The fourth-order valence-electron chi connectivity index (χ4n) is 2.61. The second-order valence-corrected chi connectivity index (χ2v) is 11.9. The summed E-state index contributed by atoms with van der Waals surface area (Å²) in [5.74, 6) is 0. The zero-order valence-corrected chi connectivity index (χ0v) is 20.4. The number of pyridine rings is 2. The zero-order valence-electron chi connectivity index (χ0n) is 20.4. The van der Waals surface area contributed by atoms with Gasteiger partial charge in [0.15, 0.2) is 11.4 Å². The molecule has 0 unspecified atom stereocenters. The normalized spacial score (nSPS) is 13.0. The van der Waals surface area contributed by atoms with Gasteiger partial charge in [-0.2, -0.15) is 0 Å². The molecule has 2 nitrogen and oxygen atoms in total. The van der Waals surface area contributed by atoms with Gasteiger partial charge in [-0.15, -0.1) is 0 Å². The zero-order chi connectivity index (χ0) is 22.0. The first-order valence-corrected chi connectivity index (χ1v) is 10.4. The number of hydrogen-bond acceptors (Lipinski definition) is 1. The third kappa shape index (κ3) is 7.37. The molecule has 2 heteroatoms. The maximum atomic E-state index is 4.72. The highest BCUT2D eigenvalue weighted by Crippen LogP contribution is 2.25. The molecule has 0 aliphatic carbocycles. The molecule has 0 saturated heterocycles. The third-order valence-electron chi connectivity index (χ3n) is 4.70. The van der Waals surface area contributed by atoms with E-state index in [4.69, 9.17) is 4.98 Å².